The minimum Gasteiger partial charge on any atom is -1.00 e. The Labute approximate surface area is 503 Å². The summed E-state index contributed by atoms with van der Waals surface area (Å²) in [6, 6.07) is 36.4. The minimum atomic E-state index is -1.80. The van der Waals surface area contributed by atoms with Crippen LogP contribution in [0.15, 0.2) is 195 Å². The number of nitrogens with one attached hydrogen (secondary N) is 4. The Morgan fingerprint density at radius 2 is 0.824 bits per heavy atom. The number of hydrogen-bond acceptors (Lipinski definition) is 12. The van der Waals surface area contributed by atoms with E-state index in [0.717, 1.165) is 0 Å². The summed E-state index contributed by atoms with van der Waals surface area (Å²) in [6.45, 7) is 5.79. The molecule has 8 rings (SSSR count). The molecule has 4 heterocycles. The van der Waals surface area contributed by atoms with Gasteiger partial charge in [-0.2, -0.15) is 9.13 Å². The second kappa shape index (κ2) is 30.4. The van der Waals surface area contributed by atoms with Crippen LogP contribution in [0.5, 0.6) is 0 Å². The summed E-state index contributed by atoms with van der Waals surface area (Å²) >= 11 is 0. The fraction of sp³-hybridized carbons (Fsp3) is 0.167. The Hall–Kier alpha value is -8.48. The van der Waals surface area contributed by atoms with Gasteiger partial charge in [-0.05, 0) is 59.5 Å². The molecule has 0 saturated carbocycles. The van der Waals surface area contributed by atoms with Crippen LogP contribution < -0.4 is 78.4 Å². The van der Waals surface area contributed by atoms with Crippen molar-refractivity contribution < 1.29 is 94.6 Å². The fourth-order valence-electron chi connectivity index (χ4n) is 9.63. The molecule has 20 nitrogen and oxygen atoms in total. The van der Waals surface area contributed by atoms with E-state index in [2.05, 4.69) is 27.8 Å². The maximum atomic E-state index is 14.8. The zero-order chi connectivity index (χ0) is 59.9. The quantitative estimate of drug-likeness (QED) is 0.0110. The van der Waals surface area contributed by atoms with Gasteiger partial charge in [-0.25, -0.2) is 9.13 Å². The molecule has 4 aromatic carbocycles. The van der Waals surface area contributed by atoms with Crippen molar-refractivity contribution in [2.75, 3.05) is 19.6 Å². The highest BCUT2D eigenvalue weighted by Gasteiger charge is 2.28. The first kappa shape index (κ1) is 64.1. The van der Waals surface area contributed by atoms with Crippen molar-refractivity contribution in [2.45, 2.75) is 45.6 Å². The molecule has 1 unspecified atom stereocenters. The van der Waals surface area contributed by atoms with E-state index in [1.165, 1.54) is 0 Å². The summed E-state index contributed by atoms with van der Waals surface area (Å²) in [5, 5.41) is 92.6. The van der Waals surface area contributed by atoms with Crippen LogP contribution in [0, 0.1) is 0 Å². The van der Waals surface area contributed by atoms with Crippen LogP contribution in [0.1, 0.15) is 56.3 Å². The van der Waals surface area contributed by atoms with Crippen molar-refractivity contribution in [3.05, 3.63) is 229 Å². The average molecular weight is 1210 g/mol. The van der Waals surface area contributed by atoms with Crippen LogP contribution in [-0.4, -0.2) is 118 Å². The lowest BCUT2D eigenvalue weighted by atomic mass is 9.77. The summed E-state index contributed by atoms with van der Waals surface area (Å²) in [6.07, 6.45) is 14.3. The van der Waals surface area contributed by atoms with E-state index >= 15 is 0 Å². The number of halogens is 1. The number of carbonyl (C=O) groups is 4. The molecule has 0 aliphatic heterocycles. The molecule has 8 aromatic rings. The lowest BCUT2D eigenvalue weighted by Gasteiger charge is -2.19. The van der Waals surface area contributed by atoms with Gasteiger partial charge in [0.2, 0.25) is 11.8 Å². The lowest BCUT2D eigenvalue weighted by molar-refractivity contribution is -0.689. The molecule has 25 heteroatoms. The van der Waals surface area contributed by atoms with E-state index in [1.807, 2.05) is 46.1 Å². The number of aromatic nitrogens is 4. The number of amides is 4. The first-order chi connectivity index (χ1) is 40.4. The van der Waals surface area contributed by atoms with E-state index in [9.17, 15) is 59.4 Å². The standard InChI is InChI=1S/C60H60B4N8O12.BrH/c1-41(2)57(73)65-24-13-25-66-60(76)56(68-59(75)51-29-49(38-72(40-51)36-47-17-6-10-23-55(47)64(83)84)43-19-12-27-70(32-43)34-45-15-4-8-21-53(45)62(79)80)30-67-58(74)50-28-48(37-71(39-50)35-46-16-5-9-22-54(46)63(81)82)42-18-11-26-69(31-42)33-44-14-3-7-20-52(44)61(77)78;/h3-12,14-23,26-29,31-32,37-40,56,77-84H,1,13,24-25,30,33-36H2,2H3;1H/p+3. The van der Waals surface area contributed by atoms with Crippen molar-refractivity contribution >= 4 is 74.0 Å². The van der Waals surface area contributed by atoms with E-state index in [0.29, 0.717) is 67.4 Å². The highest BCUT2D eigenvalue weighted by molar-refractivity contribution is 6.60. The number of pyridine rings is 4. The summed E-state index contributed by atoms with van der Waals surface area (Å²) in [4.78, 5) is 55.8. The number of benzene rings is 4. The van der Waals surface area contributed by atoms with Crippen molar-refractivity contribution in [3.63, 3.8) is 0 Å². The Balaban J connectivity index is 0.0000104. The molecule has 12 N–H and O–H groups in total. The monoisotopic (exact) mass is 1210 g/mol. The molecule has 1 atom stereocenters. The van der Waals surface area contributed by atoms with Crippen molar-refractivity contribution in [3.8, 4) is 22.3 Å². The van der Waals surface area contributed by atoms with Gasteiger partial charge < -0.3 is 78.4 Å². The summed E-state index contributed by atoms with van der Waals surface area (Å²) in [7, 11) is -6.97. The molecular weight excluding hydrogens is 1150 g/mol. The first-order valence-corrected chi connectivity index (χ1v) is 27.0. The number of rotatable bonds is 25. The predicted molar refractivity (Wildman–Crippen MR) is 315 cm³/mol. The largest absolute Gasteiger partial charge is 1.00 e. The van der Waals surface area contributed by atoms with E-state index in [4.69, 9.17) is 0 Å². The van der Waals surface area contributed by atoms with Crippen LogP contribution in [-0.2, 0) is 35.8 Å². The van der Waals surface area contributed by atoms with Gasteiger partial charge in [0.15, 0.2) is 75.8 Å². The second-order valence-electron chi connectivity index (χ2n) is 20.2. The normalized spacial score (nSPS) is 11.1. The van der Waals surface area contributed by atoms with Crippen molar-refractivity contribution in [2.24, 2.45) is 0 Å². The highest BCUT2D eigenvalue weighted by Crippen LogP contribution is 2.20. The zero-order valence-corrected chi connectivity index (χ0v) is 48.0. The third-order valence-electron chi connectivity index (χ3n) is 13.9. The van der Waals surface area contributed by atoms with Crippen molar-refractivity contribution in [1.82, 2.24) is 21.3 Å². The molecule has 0 bridgehead atoms. The molecule has 0 aliphatic carbocycles. The molecule has 0 aliphatic rings. The third-order valence-corrected chi connectivity index (χ3v) is 13.9. The Morgan fingerprint density at radius 3 is 1.22 bits per heavy atom. The fourth-order valence-corrected chi connectivity index (χ4v) is 9.63. The van der Waals surface area contributed by atoms with Crippen LogP contribution in [0.4, 0.5) is 0 Å². The zero-order valence-electron chi connectivity index (χ0n) is 46.4. The van der Waals surface area contributed by atoms with Gasteiger partial charge in [-0.15, -0.1) is 0 Å². The lowest BCUT2D eigenvalue weighted by Crippen LogP contribution is -3.00. The molecular formula is C60H64B4BrN8O12+3. The predicted octanol–water partition coefficient (Wildman–Crippen LogP) is -6.19. The molecule has 4 aromatic heterocycles. The van der Waals surface area contributed by atoms with Crippen molar-refractivity contribution in [1.29, 1.82) is 0 Å². The van der Waals surface area contributed by atoms with Crippen LogP contribution in [0.25, 0.3) is 22.3 Å². The van der Waals surface area contributed by atoms with Gasteiger partial charge in [-0.3, -0.25) is 19.2 Å². The van der Waals surface area contributed by atoms with Gasteiger partial charge in [0.05, 0.1) is 22.3 Å². The SMILES string of the molecule is C=C(C)C(=O)NCCCNC(=O)C(CNC(=O)c1cc(-c2ccc[n+](Cc3ccccc3B(O)O)c2)c[n+](Cc2ccccc2B(O)O)c1)NC(=O)c1cc(-c2ccc[n+](Cc3ccccc3B(O)O)c2)c[n+](Cc2ccccc2B(O)O)c1.[Br-]. The minimum absolute atomic E-state index is 0. The maximum Gasteiger partial charge on any atom is 0.488 e. The molecule has 0 saturated heterocycles. The smallest absolute Gasteiger partial charge is 0.488 e. The van der Waals surface area contributed by atoms with Gasteiger partial charge in [0.1, 0.15) is 17.2 Å². The molecule has 85 heavy (non-hydrogen) atoms. The Morgan fingerprint density at radius 1 is 0.459 bits per heavy atom. The van der Waals surface area contributed by atoms with E-state index < -0.39 is 58.8 Å². The van der Waals surface area contributed by atoms with Crippen LogP contribution in [0.2, 0.25) is 0 Å². The van der Waals surface area contributed by atoms with E-state index in [1.54, 1.807) is 162 Å². The summed E-state index contributed by atoms with van der Waals surface area (Å²) in [5.41, 5.74) is 6.55. The first-order valence-electron chi connectivity index (χ1n) is 27.0. The summed E-state index contributed by atoms with van der Waals surface area (Å²) < 4.78 is 7.11. The Kier molecular flexibility index (Phi) is 22.9. The van der Waals surface area contributed by atoms with Crippen LogP contribution in [0.3, 0.4) is 0 Å². The highest BCUT2D eigenvalue weighted by atomic mass is 79.9. The molecule has 432 valence electrons. The Bertz CT molecular complexity index is 3690. The molecule has 0 fully saturated rings. The summed E-state index contributed by atoms with van der Waals surface area (Å²) in [5.74, 6) is -2.35. The van der Waals surface area contributed by atoms with Gasteiger partial charge in [0.25, 0.3) is 11.8 Å². The molecule has 0 spiro atoms. The van der Waals surface area contributed by atoms with Crippen LogP contribution >= 0.6 is 0 Å². The maximum absolute atomic E-state index is 14.8. The molecule has 4 amide bonds. The third kappa shape index (κ3) is 17.5. The number of carbonyl (C=O) groups excluding carboxylic acids is 4. The van der Waals surface area contributed by atoms with Gasteiger partial charge in [-0.1, -0.05) is 104 Å². The second-order valence-corrected chi connectivity index (χ2v) is 20.2. The van der Waals surface area contributed by atoms with Gasteiger partial charge >= 0.3 is 28.5 Å². The number of nitrogens with zero attached hydrogens (tertiary/aromatic N) is 4. The van der Waals surface area contributed by atoms with Gasteiger partial charge in [0, 0.05) is 59.6 Å². The average Bonchev–Trinajstić information content (AvgIpc) is 3.67. The number of hydrogen-bond donors (Lipinski definition) is 12. The molecule has 0 radical (unpaired) electrons. The van der Waals surface area contributed by atoms with E-state index in [-0.39, 0.29) is 84.2 Å². The topological polar surface area (TPSA) is 294 Å².